The number of carbonyl (C=O) groups is 1. The Bertz CT molecular complexity index is 1740. The number of carbonyl (C=O) groups excluding carboxylic acids is 1. The van der Waals surface area contributed by atoms with Crippen molar-refractivity contribution in [1.29, 1.82) is 0 Å². The lowest BCUT2D eigenvalue weighted by atomic mass is 9.97. The molecule has 4 aromatic rings. The van der Waals surface area contributed by atoms with Gasteiger partial charge in [-0.25, -0.2) is 9.66 Å². The Kier molecular flexibility index (Phi) is 8.05. The molecule has 1 atom stereocenters. The van der Waals surface area contributed by atoms with E-state index in [0.717, 1.165) is 18.2 Å². The van der Waals surface area contributed by atoms with E-state index in [2.05, 4.69) is 15.6 Å². The normalized spacial score (nSPS) is 16.1. The summed E-state index contributed by atoms with van der Waals surface area (Å²) >= 11 is 6.06. The topological polar surface area (TPSA) is 113 Å². The summed E-state index contributed by atoms with van der Waals surface area (Å²) in [5.74, 6) is -0.406. The minimum absolute atomic E-state index is 0.0190. The summed E-state index contributed by atoms with van der Waals surface area (Å²) in [6.45, 7) is 8.74. The third kappa shape index (κ3) is 6.27. The zero-order chi connectivity index (χ0) is 31.3. The third-order valence-electron chi connectivity index (χ3n) is 7.43. The molecule has 0 spiro atoms. The highest BCUT2D eigenvalue weighted by Gasteiger charge is 2.31. The molecule has 0 radical (unpaired) electrons. The SMILES string of the molecule is Cc1c(CC(=O)Nc2ccc(C(F)(F)F)cc2Cl)c2nc(-c3ccc(C(C)(C)O)cc3)oc2c(=O)n1N1CCN[C@H](C)C1. The molecule has 228 valence electrons. The van der Waals surface area contributed by atoms with Crippen LogP contribution in [0, 0.1) is 6.92 Å². The average Bonchev–Trinajstić information content (AvgIpc) is 3.37. The predicted molar refractivity (Wildman–Crippen MR) is 158 cm³/mol. The molecule has 0 unspecified atom stereocenters. The first-order valence-electron chi connectivity index (χ1n) is 13.7. The molecule has 0 saturated carbocycles. The summed E-state index contributed by atoms with van der Waals surface area (Å²) in [4.78, 5) is 31.7. The van der Waals surface area contributed by atoms with Gasteiger partial charge < -0.3 is 25.2 Å². The van der Waals surface area contributed by atoms with Crippen LogP contribution in [0.5, 0.6) is 0 Å². The molecule has 1 aliphatic rings. The van der Waals surface area contributed by atoms with Gasteiger partial charge in [0.15, 0.2) is 0 Å². The molecule has 1 amide bonds. The molecule has 3 heterocycles. The fourth-order valence-electron chi connectivity index (χ4n) is 5.16. The summed E-state index contributed by atoms with van der Waals surface area (Å²) in [5.41, 5.74) is -0.0761. The Morgan fingerprint density at radius 1 is 1.19 bits per heavy atom. The van der Waals surface area contributed by atoms with Crippen LogP contribution in [0.3, 0.4) is 0 Å². The van der Waals surface area contributed by atoms with Gasteiger partial charge in [-0.2, -0.15) is 13.2 Å². The number of piperazine rings is 1. The van der Waals surface area contributed by atoms with Crippen molar-refractivity contribution in [1.82, 2.24) is 15.0 Å². The molecular weight excluding hydrogens is 587 g/mol. The van der Waals surface area contributed by atoms with Gasteiger partial charge in [-0.05, 0) is 63.6 Å². The van der Waals surface area contributed by atoms with Crippen LogP contribution < -0.4 is 21.2 Å². The highest BCUT2D eigenvalue weighted by molar-refractivity contribution is 6.33. The summed E-state index contributed by atoms with van der Waals surface area (Å²) < 4.78 is 46.8. The van der Waals surface area contributed by atoms with E-state index in [1.165, 1.54) is 4.68 Å². The number of alkyl halides is 3. The molecule has 43 heavy (non-hydrogen) atoms. The maximum atomic E-state index is 13.8. The Balaban J connectivity index is 1.57. The van der Waals surface area contributed by atoms with Crippen molar-refractivity contribution in [3.8, 4) is 11.5 Å². The van der Waals surface area contributed by atoms with E-state index in [9.17, 15) is 27.9 Å². The maximum Gasteiger partial charge on any atom is 0.416 e. The number of nitrogens with zero attached hydrogens (tertiary/aromatic N) is 3. The highest BCUT2D eigenvalue weighted by atomic mass is 35.5. The second-order valence-corrected chi connectivity index (χ2v) is 11.6. The minimum atomic E-state index is -4.58. The largest absolute Gasteiger partial charge is 0.430 e. The number of aromatic nitrogens is 2. The molecule has 3 N–H and O–H groups in total. The minimum Gasteiger partial charge on any atom is -0.430 e. The molecule has 1 fully saturated rings. The van der Waals surface area contributed by atoms with Gasteiger partial charge in [0, 0.05) is 42.5 Å². The van der Waals surface area contributed by atoms with Crippen molar-refractivity contribution in [2.24, 2.45) is 0 Å². The molecule has 9 nitrogen and oxygen atoms in total. The van der Waals surface area contributed by atoms with Crippen molar-refractivity contribution < 1.29 is 27.5 Å². The van der Waals surface area contributed by atoms with Crippen LogP contribution in [0.1, 0.15) is 43.2 Å². The molecule has 5 rings (SSSR count). The van der Waals surface area contributed by atoms with E-state index < -0.39 is 28.8 Å². The molecule has 1 aliphatic heterocycles. The number of halogens is 4. The van der Waals surface area contributed by atoms with Crippen LogP contribution in [0.15, 0.2) is 51.7 Å². The highest BCUT2D eigenvalue weighted by Crippen LogP contribution is 2.34. The molecule has 0 aliphatic carbocycles. The third-order valence-corrected chi connectivity index (χ3v) is 7.74. The van der Waals surface area contributed by atoms with Crippen LogP contribution in [-0.2, 0) is 23.0 Å². The lowest BCUT2D eigenvalue weighted by Gasteiger charge is -2.35. The van der Waals surface area contributed by atoms with Gasteiger partial charge in [-0.1, -0.05) is 23.7 Å². The number of amides is 1. The van der Waals surface area contributed by atoms with Crippen molar-refractivity contribution in [2.45, 2.75) is 51.9 Å². The van der Waals surface area contributed by atoms with Crippen molar-refractivity contribution in [3.63, 3.8) is 0 Å². The molecule has 2 aromatic heterocycles. The Labute approximate surface area is 250 Å². The number of nitrogens with one attached hydrogen (secondary N) is 2. The van der Waals surface area contributed by atoms with Crippen LogP contribution in [0.2, 0.25) is 5.02 Å². The second kappa shape index (κ2) is 11.3. The van der Waals surface area contributed by atoms with Gasteiger partial charge in [0.25, 0.3) is 0 Å². The fraction of sp³-hybridized carbons (Fsp3) is 0.367. The number of fused-ring (bicyclic) bond motifs is 1. The second-order valence-electron chi connectivity index (χ2n) is 11.2. The zero-order valence-electron chi connectivity index (χ0n) is 24.0. The van der Waals surface area contributed by atoms with Gasteiger partial charge in [0.05, 0.1) is 28.3 Å². The maximum absolute atomic E-state index is 13.8. The predicted octanol–water partition coefficient (Wildman–Crippen LogP) is 4.98. The lowest BCUT2D eigenvalue weighted by Crippen LogP contribution is -2.57. The van der Waals surface area contributed by atoms with Crippen LogP contribution in [0.25, 0.3) is 22.6 Å². The number of benzene rings is 2. The van der Waals surface area contributed by atoms with E-state index in [0.29, 0.717) is 42.0 Å². The standard InChI is InChI=1S/C30H31ClF3N5O4/c1-16-15-38(12-11-35-16)39-17(2)21(14-24(40)36-23-10-9-20(13-22(23)31)30(32,33)34)25-26(28(39)41)43-27(37-25)18-5-7-19(8-6-18)29(3,4)42/h5-10,13,16,35,42H,11-12,14-15H2,1-4H3,(H,36,40)/t16-/m1/s1. The molecular formula is C30H31ClF3N5O4. The van der Waals surface area contributed by atoms with Gasteiger partial charge >= 0.3 is 11.7 Å². The molecule has 13 heteroatoms. The van der Waals surface area contributed by atoms with E-state index in [4.69, 9.17) is 16.0 Å². The first kappa shape index (κ1) is 30.6. The smallest absolute Gasteiger partial charge is 0.416 e. The van der Waals surface area contributed by atoms with Gasteiger partial charge in [0.2, 0.25) is 17.4 Å². The number of rotatable bonds is 6. The van der Waals surface area contributed by atoms with Crippen LogP contribution in [-0.4, -0.2) is 46.3 Å². The molecule has 2 aromatic carbocycles. The number of hydrogen-bond donors (Lipinski definition) is 3. The summed E-state index contributed by atoms with van der Waals surface area (Å²) in [5, 5.41) is 17.8. The van der Waals surface area contributed by atoms with E-state index in [-0.39, 0.29) is 40.2 Å². The molecule has 0 bridgehead atoms. The van der Waals surface area contributed by atoms with Gasteiger partial charge in [-0.15, -0.1) is 0 Å². The Morgan fingerprint density at radius 2 is 1.86 bits per heavy atom. The van der Waals surface area contributed by atoms with Crippen molar-refractivity contribution >= 4 is 34.3 Å². The first-order valence-corrected chi connectivity index (χ1v) is 14.0. The number of aliphatic hydroxyl groups is 1. The number of hydrogen-bond acceptors (Lipinski definition) is 7. The van der Waals surface area contributed by atoms with Crippen LogP contribution >= 0.6 is 11.6 Å². The van der Waals surface area contributed by atoms with Crippen LogP contribution in [0.4, 0.5) is 18.9 Å². The number of pyridine rings is 1. The molecule has 1 saturated heterocycles. The monoisotopic (exact) mass is 617 g/mol. The van der Waals surface area contributed by atoms with E-state index in [1.54, 1.807) is 45.0 Å². The first-order chi connectivity index (χ1) is 20.1. The zero-order valence-corrected chi connectivity index (χ0v) is 24.7. The quantitative estimate of drug-likeness (QED) is 0.280. The summed E-state index contributed by atoms with van der Waals surface area (Å²) in [7, 11) is 0. The van der Waals surface area contributed by atoms with Gasteiger partial charge in [0.1, 0.15) is 5.52 Å². The fourth-order valence-corrected chi connectivity index (χ4v) is 5.38. The average molecular weight is 618 g/mol. The van der Waals surface area contributed by atoms with E-state index >= 15 is 0 Å². The van der Waals surface area contributed by atoms with Crippen molar-refractivity contribution in [2.75, 3.05) is 30.0 Å². The summed E-state index contributed by atoms with van der Waals surface area (Å²) in [6, 6.07) is 9.70. The van der Waals surface area contributed by atoms with Crippen molar-refractivity contribution in [3.05, 3.63) is 80.2 Å². The summed E-state index contributed by atoms with van der Waals surface area (Å²) in [6.07, 6.45) is -4.84. The lowest BCUT2D eigenvalue weighted by molar-refractivity contribution is -0.137. The van der Waals surface area contributed by atoms with Gasteiger partial charge in [-0.3, -0.25) is 9.59 Å². The number of oxazole rings is 1. The van der Waals surface area contributed by atoms with E-state index in [1.807, 2.05) is 11.9 Å². The number of anilines is 1. The Morgan fingerprint density at radius 3 is 2.47 bits per heavy atom. The Hall–Kier alpha value is -3.87.